The summed E-state index contributed by atoms with van der Waals surface area (Å²) in [6.07, 6.45) is 38.6. The van der Waals surface area contributed by atoms with Gasteiger partial charge in [-0.3, -0.25) is 37.3 Å². The summed E-state index contributed by atoms with van der Waals surface area (Å²) >= 11 is 0. The standard InChI is InChI=1S/C61H118O17P2/c1-6-9-12-15-16-27-31-36-40-45-59(64)72-51-57(78-61(66)47-42-37-32-29-26-24-22-20-18-17-19-21-23-25-28-30-35-38-43-54(4)5)53-76-80(69,70)74-49-55(62)48-73-79(67,68)75-52-56(77-60(65)46-41-34-14-11-8-3)50-71-58(63)44-39-33-13-10-7-2/h54-57,62H,6-53H2,1-5H3,(H,67,68)(H,69,70)/t55-,56+,57+/m0/s1. The molecule has 0 rings (SSSR count). The molecule has 0 amide bonds. The summed E-state index contributed by atoms with van der Waals surface area (Å²) in [7, 11) is -9.86. The van der Waals surface area contributed by atoms with Gasteiger partial charge in [-0.05, 0) is 31.6 Å². The zero-order valence-electron chi connectivity index (χ0n) is 51.2. The van der Waals surface area contributed by atoms with Crippen molar-refractivity contribution in [1.82, 2.24) is 0 Å². The minimum absolute atomic E-state index is 0.0989. The lowest BCUT2D eigenvalue weighted by Crippen LogP contribution is -2.30. The first-order valence-electron chi connectivity index (χ1n) is 32.1. The van der Waals surface area contributed by atoms with Gasteiger partial charge in [0.15, 0.2) is 12.2 Å². The van der Waals surface area contributed by atoms with Gasteiger partial charge in [0.25, 0.3) is 0 Å². The molecule has 2 unspecified atom stereocenters. The van der Waals surface area contributed by atoms with E-state index in [4.69, 9.17) is 37.0 Å². The Hall–Kier alpha value is -1.94. The third-order valence-electron chi connectivity index (χ3n) is 14.0. The van der Waals surface area contributed by atoms with E-state index in [9.17, 15) is 43.2 Å². The summed E-state index contributed by atoms with van der Waals surface area (Å²) < 4.78 is 67.4. The number of unbranched alkanes of at least 4 members (excludes halogenated alkanes) is 33. The van der Waals surface area contributed by atoms with Crippen LogP contribution < -0.4 is 0 Å². The van der Waals surface area contributed by atoms with Crippen LogP contribution in [0.25, 0.3) is 0 Å². The van der Waals surface area contributed by atoms with Crippen LogP contribution in [-0.4, -0.2) is 96.7 Å². The van der Waals surface area contributed by atoms with Gasteiger partial charge in [-0.2, -0.15) is 0 Å². The van der Waals surface area contributed by atoms with Crippen LogP contribution in [0, 0.1) is 5.92 Å². The smallest absolute Gasteiger partial charge is 0.462 e. The van der Waals surface area contributed by atoms with Gasteiger partial charge in [0, 0.05) is 25.7 Å². The molecule has 5 atom stereocenters. The number of carbonyl (C=O) groups is 4. The lowest BCUT2D eigenvalue weighted by atomic mass is 10.0. The third kappa shape index (κ3) is 55.3. The number of aliphatic hydroxyl groups excluding tert-OH is 1. The van der Waals surface area contributed by atoms with Crippen molar-refractivity contribution in [2.24, 2.45) is 5.92 Å². The van der Waals surface area contributed by atoms with Crippen molar-refractivity contribution in [2.75, 3.05) is 39.6 Å². The van der Waals surface area contributed by atoms with E-state index in [0.717, 1.165) is 102 Å². The maximum atomic E-state index is 12.9. The molecule has 19 heteroatoms. The molecule has 0 aromatic heterocycles. The van der Waals surface area contributed by atoms with Crippen LogP contribution in [0.2, 0.25) is 0 Å². The number of hydrogen-bond acceptors (Lipinski definition) is 15. The van der Waals surface area contributed by atoms with Crippen molar-refractivity contribution < 1.29 is 80.2 Å². The van der Waals surface area contributed by atoms with Crippen LogP contribution in [0.15, 0.2) is 0 Å². The van der Waals surface area contributed by atoms with Crippen LogP contribution in [-0.2, 0) is 65.4 Å². The van der Waals surface area contributed by atoms with Crippen LogP contribution in [0.1, 0.15) is 304 Å². The van der Waals surface area contributed by atoms with Crippen LogP contribution >= 0.6 is 15.6 Å². The minimum Gasteiger partial charge on any atom is -0.462 e. The van der Waals surface area contributed by atoms with Gasteiger partial charge >= 0.3 is 39.5 Å². The number of hydrogen-bond donors (Lipinski definition) is 3. The van der Waals surface area contributed by atoms with E-state index in [1.54, 1.807) is 0 Å². The molecule has 0 aliphatic heterocycles. The van der Waals surface area contributed by atoms with Crippen LogP contribution in [0.5, 0.6) is 0 Å². The second-order valence-corrected chi connectivity index (χ2v) is 25.5. The predicted octanol–water partition coefficient (Wildman–Crippen LogP) is 16.6. The SMILES string of the molecule is CCCCCCCCCCCC(=O)OC[C@H](COP(=O)(O)OC[C@@H](O)COP(=O)(O)OC[C@@H](COC(=O)CCCCCCC)OC(=O)CCCCCCC)OC(=O)CCCCCCCCCCCCCCCCCCCCC(C)C. The van der Waals surface area contributed by atoms with Gasteiger partial charge in [0.1, 0.15) is 19.3 Å². The first-order valence-corrected chi connectivity index (χ1v) is 35.1. The lowest BCUT2D eigenvalue weighted by Gasteiger charge is -2.21. The Morgan fingerprint density at radius 2 is 0.575 bits per heavy atom. The molecule has 0 aromatic rings. The highest BCUT2D eigenvalue weighted by atomic mass is 31.2. The van der Waals surface area contributed by atoms with Crippen molar-refractivity contribution in [3.8, 4) is 0 Å². The number of ether oxygens (including phenoxy) is 4. The van der Waals surface area contributed by atoms with Crippen molar-refractivity contribution in [2.45, 2.75) is 323 Å². The third-order valence-corrected chi connectivity index (χ3v) is 15.9. The minimum atomic E-state index is -4.94. The second-order valence-electron chi connectivity index (χ2n) is 22.6. The van der Waals surface area contributed by atoms with Crippen molar-refractivity contribution in [3.05, 3.63) is 0 Å². The van der Waals surface area contributed by atoms with E-state index >= 15 is 0 Å². The van der Waals surface area contributed by atoms with Crippen molar-refractivity contribution in [3.63, 3.8) is 0 Å². The van der Waals surface area contributed by atoms with Crippen molar-refractivity contribution >= 4 is 39.5 Å². The number of aliphatic hydroxyl groups is 1. The Morgan fingerprint density at radius 1 is 0.338 bits per heavy atom. The molecule has 80 heavy (non-hydrogen) atoms. The van der Waals surface area contributed by atoms with Gasteiger partial charge in [-0.25, -0.2) is 9.13 Å². The summed E-state index contributed by atoms with van der Waals surface area (Å²) in [5.74, 6) is -1.34. The van der Waals surface area contributed by atoms with Gasteiger partial charge in [-0.1, -0.05) is 253 Å². The quantitative estimate of drug-likeness (QED) is 0.0222. The molecule has 474 valence electrons. The number of rotatable bonds is 61. The van der Waals surface area contributed by atoms with Gasteiger partial charge in [0.05, 0.1) is 26.4 Å². The predicted molar refractivity (Wildman–Crippen MR) is 317 cm³/mol. The molecular formula is C61H118O17P2. The molecule has 0 aliphatic rings. The fourth-order valence-electron chi connectivity index (χ4n) is 9.05. The fraction of sp³-hybridized carbons (Fsp3) is 0.934. The van der Waals surface area contributed by atoms with Gasteiger partial charge < -0.3 is 33.8 Å². The molecular weight excluding hydrogens is 1070 g/mol. The fourth-order valence-corrected chi connectivity index (χ4v) is 10.6. The van der Waals surface area contributed by atoms with Gasteiger partial charge in [0.2, 0.25) is 0 Å². The lowest BCUT2D eigenvalue weighted by molar-refractivity contribution is -0.161. The van der Waals surface area contributed by atoms with Crippen LogP contribution in [0.4, 0.5) is 0 Å². The van der Waals surface area contributed by atoms with E-state index in [1.165, 1.54) is 122 Å². The first kappa shape index (κ1) is 78.1. The molecule has 0 saturated carbocycles. The maximum absolute atomic E-state index is 12.9. The largest absolute Gasteiger partial charge is 0.472 e. The highest BCUT2D eigenvalue weighted by Gasteiger charge is 2.30. The monoisotopic (exact) mass is 1180 g/mol. The van der Waals surface area contributed by atoms with E-state index < -0.39 is 97.5 Å². The molecule has 0 spiro atoms. The Balaban J connectivity index is 4.99. The molecule has 0 aromatic carbocycles. The molecule has 0 saturated heterocycles. The van der Waals surface area contributed by atoms with Crippen molar-refractivity contribution in [1.29, 1.82) is 0 Å². The summed E-state index contributed by atoms with van der Waals surface area (Å²) in [6, 6.07) is 0. The highest BCUT2D eigenvalue weighted by molar-refractivity contribution is 7.47. The Bertz CT molecular complexity index is 1570. The Morgan fingerprint density at radius 3 is 0.850 bits per heavy atom. The topological polar surface area (TPSA) is 237 Å². The second kappa shape index (κ2) is 55.0. The molecule has 0 heterocycles. The Kier molecular flexibility index (Phi) is 53.6. The average molecular weight is 1190 g/mol. The molecule has 0 fully saturated rings. The van der Waals surface area contributed by atoms with Gasteiger partial charge in [-0.15, -0.1) is 0 Å². The summed E-state index contributed by atoms with van der Waals surface area (Å²) in [4.78, 5) is 71.4. The number of phosphoric ester groups is 2. The number of esters is 4. The van der Waals surface area contributed by atoms with E-state index in [2.05, 4.69) is 34.6 Å². The van der Waals surface area contributed by atoms with E-state index in [1.807, 2.05) is 0 Å². The number of phosphoric acid groups is 2. The molecule has 0 aliphatic carbocycles. The molecule has 0 radical (unpaired) electrons. The summed E-state index contributed by atoms with van der Waals surface area (Å²) in [5, 5.41) is 10.5. The molecule has 3 N–H and O–H groups in total. The van der Waals surface area contributed by atoms with Crippen LogP contribution in [0.3, 0.4) is 0 Å². The summed E-state index contributed by atoms with van der Waals surface area (Å²) in [6.45, 7) is 7.00. The zero-order valence-corrected chi connectivity index (χ0v) is 53.0. The first-order chi connectivity index (χ1) is 38.5. The number of carbonyl (C=O) groups excluding carboxylic acids is 4. The Labute approximate surface area is 486 Å². The average Bonchev–Trinajstić information content (AvgIpc) is 3.42. The summed E-state index contributed by atoms with van der Waals surface area (Å²) in [5.41, 5.74) is 0. The molecule has 0 bridgehead atoms. The zero-order chi connectivity index (χ0) is 59.2. The normalized spacial score (nSPS) is 14.3. The van der Waals surface area contributed by atoms with E-state index in [0.29, 0.717) is 25.7 Å². The maximum Gasteiger partial charge on any atom is 0.472 e. The molecule has 17 nitrogen and oxygen atoms in total. The highest BCUT2D eigenvalue weighted by Crippen LogP contribution is 2.45. The van der Waals surface area contributed by atoms with E-state index in [-0.39, 0.29) is 25.7 Å².